The summed E-state index contributed by atoms with van der Waals surface area (Å²) in [4.78, 5) is 19.4. The summed E-state index contributed by atoms with van der Waals surface area (Å²) in [6.07, 6.45) is 4.63. The first kappa shape index (κ1) is 20.8. The van der Waals surface area contributed by atoms with Crippen LogP contribution in [0.5, 0.6) is 0 Å². The molecule has 3 aromatic rings. The van der Waals surface area contributed by atoms with Gasteiger partial charge in [0.05, 0.1) is 17.3 Å². The molecule has 1 aromatic heterocycles. The van der Waals surface area contributed by atoms with E-state index in [1.54, 1.807) is 12.4 Å². The van der Waals surface area contributed by atoms with E-state index in [4.69, 9.17) is 11.6 Å². The zero-order valence-electron chi connectivity index (χ0n) is 16.6. The molecule has 1 unspecified atom stereocenters. The number of rotatable bonds is 5. The summed E-state index contributed by atoms with van der Waals surface area (Å²) in [7, 11) is -3.24. The monoisotopic (exact) mass is 446 g/mol. The number of hydrogen-bond donors (Lipinski definition) is 1. The van der Waals surface area contributed by atoms with Gasteiger partial charge in [-0.05, 0) is 61.2 Å². The molecule has 0 saturated carbocycles. The molecule has 1 atom stereocenters. The highest BCUT2D eigenvalue weighted by atomic mass is 35.5. The van der Waals surface area contributed by atoms with Crippen LogP contribution in [0.1, 0.15) is 23.2 Å². The van der Waals surface area contributed by atoms with Crippen molar-refractivity contribution < 1.29 is 13.2 Å². The smallest absolute Gasteiger partial charge is 0.253 e. The lowest BCUT2D eigenvalue weighted by molar-refractivity contribution is 0.0676. The van der Waals surface area contributed by atoms with Crippen molar-refractivity contribution in [3.05, 3.63) is 59.4 Å². The molecular formula is C21H23ClN4O3S. The molecular weight excluding hydrogens is 424 g/mol. The van der Waals surface area contributed by atoms with Crippen LogP contribution in [0.2, 0.25) is 5.02 Å². The topological polar surface area (TPSA) is 84.3 Å². The third-order valence-electron chi connectivity index (χ3n) is 5.34. The molecule has 2 heterocycles. The molecule has 4 rings (SSSR count). The third-order valence-corrected chi connectivity index (χ3v) is 6.28. The first-order chi connectivity index (χ1) is 14.3. The fourth-order valence-corrected chi connectivity index (χ4v) is 4.48. The minimum atomic E-state index is -3.24. The predicted octanol–water partition coefficient (Wildman–Crippen LogP) is 3.08. The van der Waals surface area contributed by atoms with Crippen molar-refractivity contribution in [2.75, 3.05) is 25.9 Å². The van der Waals surface area contributed by atoms with Gasteiger partial charge in [0, 0.05) is 35.9 Å². The Balaban J connectivity index is 1.56. The van der Waals surface area contributed by atoms with E-state index in [2.05, 4.69) is 9.71 Å². The molecule has 2 aromatic carbocycles. The van der Waals surface area contributed by atoms with E-state index in [0.717, 1.165) is 35.8 Å². The van der Waals surface area contributed by atoms with Crippen molar-refractivity contribution in [1.29, 1.82) is 0 Å². The maximum Gasteiger partial charge on any atom is 0.253 e. The van der Waals surface area contributed by atoms with Crippen LogP contribution in [-0.4, -0.2) is 54.7 Å². The number of benzene rings is 2. The average Bonchev–Trinajstić information content (AvgIpc) is 3.15. The molecule has 1 saturated heterocycles. The lowest BCUT2D eigenvalue weighted by Gasteiger charge is -2.32. The Bertz CT molecular complexity index is 1170. The number of fused-ring (bicyclic) bond motifs is 1. The first-order valence-corrected chi connectivity index (χ1v) is 12.0. The second-order valence-corrected chi connectivity index (χ2v) is 9.94. The van der Waals surface area contributed by atoms with Gasteiger partial charge < -0.3 is 4.90 Å². The van der Waals surface area contributed by atoms with Gasteiger partial charge in [-0.2, -0.15) is 0 Å². The molecule has 1 fully saturated rings. The van der Waals surface area contributed by atoms with E-state index in [-0.39, 0.29) is 11.8 Å². The normalized spacial score (nSPS) is 17.4. The number of carbonyl (C=O) groups is 1. The number of amides is 1. The first-order valence-electron chi connectivity index (χ1n) is 9.77. The predicted molar refractivity (Wildman–Crippen MR) is 118 cm³/mol. The summed E-state index contributed by atoms with van der Waals surface area (Å²) in [6.45, 7) is 1.56. The Morgan fingerprint density at radius 3 is 2.73 bits per heavy atom. The number of hydrogen-bond acceptors (Lipinski definition) is 4. The van der Waals surface area contributed by atoms with Gasteiger partial charge in [-0.25, -0.2) is 18.1 Å². The van der Waals surface area contributed by atoms with E-state index >= 15 is 0 Å². The molecule has 1 amide bonds. The summed E-state index contributed by atoms with van der Waals surface area (Å²) in [6, 6.07) is 12.9. The lowest BCUT2D eigenvalue weighted by Crippen LogP contribution is -2.43. The van der Waals surface area contributed by atoms with Crippen molar-refractivity contribution in [3.8, 4) is 5.69 Å². The van der Waals surface area contributed by atoms with Crippen molar-refractivity contribution in [2.24, 2.45) is 5.92 Å². The number of halogens is 1. The zero-order valence-corrected chi connectivity index (χ0v) is 18.2. The largest absolute Gasteiger partial charge is 0.338 e. The summed E-state index contributed by atoms with van der Waals surface area (Å²) < 4.78 is 27.2. The number of nitrogens with one attached hydrogen (secondary N) is 1. The number of aromatic nitrogens is 2. The van der Waals surface area contributed by atoms with Crippen LogP contribution in [0.15, 0.2) is 48.8 Å². The van der Waals surface area contributed by atoms with Crippen LogP contribution in [0.3, 0.4) is 0 Å². The molecule has 0 radical (unpaired) electrons. The van der Waals surface area contributed by atoms with Crippen molar-refractivity contribution >= 4 is 38.6 Å². The Hall–Kier alpha value is -2.42. The Labute approximate surface area is 180 Å². The maximum absolute atomic E-state index is 13.1. The van der Waals surface area contributed by atoms with E-state index in [1.165, 1.54) is 0 Å². The molecule has 7 nitrogen and oxygen atoms in total. The van der Waals surface area contributed by atoms with Crippen LogP contribution in [-0.2, 0) is 10.0 Å². The van der Waals surface area contributed by atoms with Gasteiger partial charge in [0.15, 0.2) is 0 Å². The Kier molecular flexibility index (Phi) is 5.81. The molecule has 1 aliphatic rings. The lowest BCUT2D eigenvalue weighted by atomic mass is 9.97. The summed E-state index contributed by atoms with van der Waals surface area (Å²) >= 11 is 5.99. The van der Waals surface area contributed by atoms with E-state index in [1.807, 2.05) is 45.9 Å². The zero-order chi connectivity index (χ0) is 21.3. The second-order valence-electron chi connectivity index (χ2n) is 7.67. The van der Waals surface area contributed by atoms with Crippen molar-refractivity contribution in [3.63, 3.8) is 0 Å². The standard InChI is InChI=1S/C21H23ClN4O3S/c1-30(28,29)24-12-15-3-2-10-25(13-15)21(27)16-4-9-19-20(11-16)26(14-23-19)18-7-5-17(22)6-8-18/h4-9,11,14-15,24H,2-3,10,12-13H2,1H3. The quantitative estimate of drug-likeness (QED) is 0.652. The Morgan fingerprint density at radius 2 is 2.00 bits per heavy atom. The molecule has 1 N–H and O–H groups in total. The maximum atomic E-state index is 13.1. The fourth-order valence-electron chi connectivity index (χ4n) is 3.82. The highest BCUT2D eigenvalue weighted by Gasteiger charge is 2.25. The van der Waals surface area contributed by atoms with Crippen LogP contribution in [0.4, 0.5) is 0 Å². The van der Waals surface area contributed by atoms with Gasteiger partial charge in [0.25, 0.3) is 5.91 Å². The minimum Gasteiger partial charge on any atom is -0.338 e. The SMILES string of the molecule is CS(=O)(=O)NCC1CCCN(C(=O)c2ccc3ncn(-c4ccc(Cl)cc4)c3c2)C1. The van der Waals surface area contributed by atoms with E-state index in [9.17, 15) is 13.2 Å². The van der Waals surface area contributed by atoms with Gasteiger partial charge in [-0.3, -0.25) is 9.36 Å². The summed E-state index contributed by atoms with van der Waals surface area (Å²) in [5.74, 6) is 0.0607. The molecule has 0 bridgehead atoms. The van der Waals surface area contributed by atoms with Gasteiger partial charge in [0.2, 0.25) is 10.0 Å². The van der Waals surface area contributed by atoms with Crippen LogP contribution < -0.4 is 4.72 Å². The van der Waals surface area contributed by atoms with Crippen LogP contribution in [0.25, 0.3) is 16.7 Å². The fraction of sp³-hybridized carbons (Fsp3) is 0.333. The van der Waals surface area contributed by atoms with Gasteiger partial charge >= 0.3 is 0 Å². The third kappa shape index (κ3) is 4.66. The number of nitrogens with zero attached hydrogens (tertiary/aromatic N) is 3. The van der Waals surface area contributed by atoms with E-state index < -0.39 is 10.0 Å². The number of likely N-dealkylation sites (tertiary alicyclic amines) is 1. The Morgan fingerprint density at radius 1 is 1.23 bits per heavy atom. The van der Waals surface area contributed by atoms with Crippen molar-refractivity contribution in [1.82, 2.24) is 19.2 Å². The summed E-state index contributed by atoms with van der Waals surface area (Å²) in [5, 5.41) is 0.657. The molecule has 9 heteroatoms. The number of sulfonamides is 1. The molecule has 158 valence electrons. The number of imidazole rings is 1. The molecule has 1 aliphatic heterocycles. The van der Waals surface area contributed by atoms with Gasteiger partial charge in [0.1, 0.15) is 6.33 Å². The highest BCUT2D eigenvalue weighted by Crippen LogP contribution is 2.23. The van der Waals surface area contributed by atoms with Crippen LogP contribution in [0, 0.1) is 5.92 Å². The minimum absolute atomic E-state index is 0.0511. The summed E-state index contributed by atoms with van der Waals surface area (Å²) in [5.41, 5.74) is 3.15. The highest BCUT2D eigenvalue weighted by molar-refractivity contribution is 7.88. The van der Waals surface area contributed by atoms with E-state index in [0.29, 0.717) is 30.2 Å². The second kappa shape index (κ2) is 8.37. The number of carbonyl (C=O) groups excluding carboxylic acids is 1. The molecule has 0 spiro atoms. The molecule has 0 aliphatic carbocycles. The molecule has 30 heavy (non-hydrogen) atoms. The van der Waals surface area contributed by atoms with Gasteiger partial charge in [-0.15, -0.1) is 0 Å². The van der Waals surface area contributed by atoms with Crippen LogP contribution >= 0.6 is 11.6 Å². The van der Waals surface area contributed by atoms with Crippen molar-refractivity contribution in [2.45, 2.75) is 12.8 Å². The van der Waals surface area contributed by atoms with Gasteiger partial charge in [-0.1, -0.05) is 11.6 Å². The average molecular weight is 447 g/mol. The number of piperidine rings is 1.